The molecule has 0 aromatic carbocycles. The van der Waals surface area contributed by atoms with Crippen LogP contribution in [0.1, 0.15) is 47.0 Å². The van der Waals surface area contributed by atoms with E-state index in [9.17, 15) is 24.3 Å². The van der Waals surface area contributed by atoms with Crippen LogP contribution in [0.25, 0.3) is 0 Å². The number of carboxylic acids is 1. The predicted molar refractivity (Wildman–Crippen MR) is 98.0 cm³/mol. The Morgan fingerprint density at radius 2 is 1.89 bits per heavy atom. The van der Waals surface area contributed by atoms with Crippen molar-refractivity contribution < 1.29 is 33.8 Å². The molecule has 152 valence electrons. The molecule has 1 aliphatic heterocycles. The summed E-state index contributed by atoms with van der Waals surface area (Å²) < 4.78 is 10.3. The Morgan fingerprint density at radius 3 is 2.43 bits per heavy atom. The number of ether oxygens (including phenoxy) is 2. The number of hydrogen-bond donors (Lipinski definition) is 1. The fraction of sp³-hybridized carbons (Fsp3) is 0.619. The van der Waals surface area contributed by atoms with Crippen molar-refractivity contribution in [2.45, 2.75) is 53.1 Å². The highest BCUT2D eigenvalue weighted by Gasteiger charge is 2.71. The van der Waals surface area contributed by atoms with E-state index < -0.39 is 46.5 Å². The van der Waals surface area contributed by atoms with Gasteiger partial charge in [-0.2, -0.15) is 0 Å². The van der Waals surface area contributed by atoms with Gasteiger partial charge in [0.1, 0.15) is 5.41 Å². The van der Waals surface area contributed by atoms with Crippen LogP contribution in [0, 0.1) is 22.7 Å². The number of methoxy groups -OCH3 is 1. The first kappa shape index (κ1) is 20.3. The molecule has 1 saturated carbocycles. The summed E-state index contributed by atoms with van der Waals surface area (Å²) in [6.45, 7) is 7.39. The molecule has 3 atom stereocenters. The van der Waals surface area contributed by atoms with Crippen LogP contribution in [0.15, 0.2) is 22.8 Å². The molecule has 0 spiro atoms. The van der Waals surface area contributed by atoms with Crippen molar-refractivity contribution in [1.82, 2.24) is 0 Å². The van der Waals surface area contributed by atoms with E-state index in [0.29, 0.717) is 12.8 Å². The van der Waals surface area contributed by atoms with Gasteiger partial charge in [-0.05, 0) is 30.3 Å². The van der Waals surface area contributed by atoms with E-state index in [1.165, 1.54) is 13.2 Å². The zero-order valence-electron chi connectivity index (χ0n) is 16.8. The number of allylic oxidation sites excluding steroid dienone is 1. The number of ketones is 1. The summed E-state index contributed by atoms with van der Waals surface area (Å²) in [6, 6.07) is 0. The molecule has 0 amide bonds. The number of carbonyl (C=O) groups excluding carboxylic acids is 3. The Bertz CT molecular complexity index is 830. The summed E-state index contributed by atoms with van der Waals surface area (Å²) in [4.78, 5) is 50.7. The Morgan fingerprint density at radius 1 is 1.25 bits per heavy atom. The SMILES string of the molecule is COC(=O)/C(=C\C1=C(C(=O)O)[C@]23CCCC(C)(C)[C@H]2[C@@H](OC3=O)C1=O)C(C)C. The monoisotopic (exact) mass is 390 g/mol. The van der Waals surface area contributed by atoms with E-state index in [0.717, 1.165) is 6.42 Å². The number of carbonyl (C=O) groups is 4. The second kappa shape index (κ2) is 6.57. The lowest BCUT2D eigenvalue weighted by atomic mass is 9.49. The molecule has 1 N–H and O–H groups in total. The number of esters is 2. The van der Waals surface area contributed by atoms with E-state index in [-0.39, 0.29) is 22.6 Å². The summed E-state index contributed by atoms with van der Waals surface area (Å²) in [6.07, 6.45) is 2.01. The van der Waals surface area contributed by atoms with Crippen molar-refractivity contribution in [2.24, 2.45) is 22.7 Å². The molecule has 0 aromatic rings. The van der Waals surface area contributed by atoms with Crippen LogP contribution in [0.3, 0.4) is 0 Å². The number of Topliss-reactive ketones (excluding diaryl/α,β-unsaturated/α-hetero) is 1. The molecule has 1 saturated heterocycles. The summed E-state index contributed by atoms with van der Waals surface area (Å²) in [5, 5.41) is 10.1. The lowest BCUT2D eigenvalue weighted by Crippen LogP contribution is -2.54. The first-order chi connectivity index (χ1) is 13.0. The molecule has 3 aliphatic rings. The molecule has 7 heteroatoms. The fourth-order valence-electron chi connectivity index (χ4n) is 5.27. The van der Waals surface area contributed by atoms with Crippen molar-refractivity contribution >= 4 is 23.7 Å². The van der Waals surface area contributed by atoms with Crippen molar-refractivity contribution in [3.8, 4) is 0 Å². The first-order valence-corrected chi connectivity index (χ1v) is 9.52. The van der Waals surface area contributed by atoms with Gasteiger partial charge < -0.3 is 14.6 Å². The Kier molecular flexibility index (Phi) is 4.76. The van der Waals surface area contributed by atoms with Gasteiger partial charge in [0.15, 0.2) is 6.10 Å². The van der Waals surface area contributed by atoms with Gasteiger partial charge in [-0.25, -0.2) is 9.59 Å². The number of rotatable bonds is 4. The zero-order valence-corrected chi connectivity index (χ0v) is 16.8. The van der Waals surface area contributed by atoms with Crippen LogP contribution in [-0.2, 0) is 28.7 Å². The number of aliphatic carboxylic acids is 1. The van der Waals surface area contributed by atoms with E-state index in [1.54, 1.807) is 13.8 Å². The van der Waals surface area contributed by atoms with E-state index in [4.69, 9.17) is 9.47 Å². The van der Waals surface area contributed by atoms with Gasteiger partial charge in [-0.3, -0.25) is 9.59 Å². The minimum Gasteiger partial charge on any atom is -0.478 e. The Hall–Kier alpha value is -2.44. The molecule has 0 aromatic heterocycles. The summed E-state index contributed by atoms with van der Waals surface area (Å²) in [5.41, 5.74) is -1.97. The maximum absolute atomic E-state index is 13.3. The van der Waals surface area contributed by atoms with Gasteiger partial charge >= 0.3 is 17.9 Å². The van der Waals surface area contributed by atoms with Gasteiger partial charge in [0.25, 0.3) is 0 Å². The molecule has 1 heterocycles. The van der Waals surface area contributed by atoms with E-state index in [1.807, 2.05) is 13.8 Å². The van der Waals surface area contributed by atoms with E-state index in [2.05, 4.69) is 0 Å². The van der Waals surface area contributed by atoms with Crippen LogP contribution < -0.4 is 0 Å². The van der Waals surface area contributed by atoms with Crippen molar-refractivity contribution in [3.63, 3.8) is 0 Å². The average Bonchev–Trinajstić information content (AvgIpc) is 2.86. The standard InChI is InChI=1S/C21H26O7/c1-10(2)11(18(25)27-5)9-12-13(17(23)24)21-8-6-7-20(3,4)16(21)15(14(12)22)28-19(21)26/h9-10,15-16H,6-8H2,1-5H3,(H,23,24)/b11-9-/t15-,16+,21+/m0/s1. The minimum atomic E-state index is -1.36. The van der Waals surface area contributed by atoms with Gasteiger partial charge in [0, 0.05) is 17.1 Å². The molecule has 28 heavy (non-hydrogen) atoms. The molecule has 0 unspecified atom stereocenters. The van der Waals surface area contributed by atoms with Crippen LogP contribution in [0.2, 0.25) is 0 Å². The van der Waals surface area contributed by atoms with E-state index >= 15 is 0 Å². The van der Waals surface area contributed by atoms with Gasteiger partial charge in [0.05, 0.1) is 12.7 Å². The fourth-order valence-corrected chi connectivity index (χ4v) is 5.27. The second-order valence-electron chi connectivity index (χ2n) is 8.82. The largest absolute Gasteiger partial charge is 0.478 e. The van der Waals surface area contributed by atoms with Crippen LogP contribution >= 0.6 is 0 Å². The molecule has 3 rings (SSSR count). The zero-order chi connectivity index (χ0) is 21.0. The number of carboxylic acid groups (broad SMARTS) is 1. The van der Waals surface area contributed by atoms with Crippen molar-refractivity contribution in [2.75, 3.05) is 7.11 Å². The Balaban J connectivity index is 2.33. The molecule has 7 nitrogen and oxygen atoms in total. The molecule has 2 bridgehead atoms. The molecule has 2 fully saturated rings. The summed E-state index contributed by atoms with van der Waals surface area (Å²) in [5.74, 6) is -3.99. The van der Waals surface area contributed by atoms with Crippen molar-refractivity contribution in [3.05, 3.63) is 22.8 Å². The maximum Gasteiger partial charge on any atom is 0.334 e. The lowest BCUT2D eigenvalue weighted by Gasteiger charge is -2.49. The molecule has 0 radical (unpaired) electrons. The average molecular weight is 390 g/mol. The Labute approximate surface area is 163 Å². The van der Waals surface area contributed by atoms with Crippen LogP contribution in [0.4, 0.5) is 0 Å². The van der Waals surface area contributed by atoms with Gasteiger partial charge in [0.2, 0.25) is 5.78 Å². The topological polar surface area (TPSA) is 107 Å². The lowest BCUT2D eigenvalue weighted by molar-refractivity contribution is -0.151. The van der Waals surface area contributed by atoms with Gasteiger partial charge in [-0.1, -0.05) is 34.1 Å². The highest BCUT2D eigenvalue weighted by Crippen LogP contribution is 2.63. The van der Waals surface area contributed by atoms with Gasteiger partial charge in [-0.15, -0.1) is 0 Å². The predicted octanol–water partition coefficient (Wildman–Crippen LogP) is 2.44. The molecule has 2 aliphatic carbocycles. The first-order valence-electron chi connectivity index (χ1n) is 9.52. The molecular weight excluding hydrogens is 364 g/mol. The number of hydrogen-bond acceptors (Lipinski definition) is 6. The molecular formula is C21H26O7. The van der Waals surface area contributed by atoms with Crippen LogP contribution in [0.5, 0.6) is 0 Å². The third kappa shape index (κ3) is 2.63. The quantitative estimate of drug-likeness (QED) is 0.580. The highest BCUT2D eigenvalue weighted by atomic mass is 16.6. The maximum atomic E-state index is 13.3. The smallest absolute Gasteiger partial charge is 0.334 e. The van der Waals surface area contributed by atoms with Crippen molar-refractivity contribution in [1.29, 1.82) is 0 Å². The highest BCUT2D eigenvalue weighted by molar-refractivity contribution is 6.16. The third-order valence-electron chi connectivity index (χ3n) is 6.46. The third-order valence-corrected chi connectivity index (χ3v) is 6.46. The minimum absolute atomic E-state index is 0.119. The van der Waals surface area contributed by atoms with Crippen LogP contribution in [-0.4, -0.2) is 42.0 Å². The second-order valence-corrected chi connectivity index (χ2v) is 8.82. The summed E-state index contributed by atoms with van der Waals surface area (Å²) >= 11 is 0. The normalized spacial score (nSPS) is 31.6. The summed E-state index contributed by atoms with van der Waals surface area (Å²) in [7, 11) is 1.22.